The Morgan fingerprint density at radius 3 is 2.70 bits per heavy atom. The van der Waals surface area contributed by atoms with Gasteiger partial charge in [0.25, 0.3) is 0 Å². The van der Waals surface area contributed by atoms with Crippen molar-refractivity contribution >= 4 is 0 Å². The van der Waals surface area contributed by atoms with Crippen LogP contribution in [0.5, 0.6) is 5.75 Å². The highest BCUT2D eigenvalue weighted by Gasteiger charge is 2.11. The minimum absolute atomic E-state index is 0.344. The van der Waals surface area contributed by atoms with Crippen LogP contribution in [0.25, 0.3) is 0 Å². The van der Waals surface area contributed by atoms with Gasteiger partial charge in [-0.2, -0.15) is 5.10 Å². The maximum atomic E-state index is 9.72. The zero-order chi connectivity index (χ0) is 14.5. The Balaban J connectivity index is 2.08. The number of ether oxygens (including phenoxy) is 1. The van der Waals surface area contributed by atoms with E-state index in [0.29, 0.717) is 18.3 Å². The molecule has 1 N–H and O–H groups in total. The Morgan fingerprint density at radius 1 is 1.25 bits per heavy atom. The Bertz CT molecular complexity index is 550. The summed E-state index contributed by atoms with van der Waals surface area (Å²) in [5, 5.41) is 13.9. The monoisotopic (exact) mass is 275 g/mol. The Hall–Kier alpha value is -1.88. The number of hydrogen-bond donors (Lipinski definition) is 1. The van der Waals surface area contributed by atoms with Gasteiger partial charge < -0.3 is 9.84 Å². The number of nitrogens with zero attached hydrogens (tertiary/aromatic N) is 3. The molecule has 1 aromatic carbocycles. The van der Waals surface area contributed by atoms with Crippen LogP contribution in [0.1, 0.15) is 38.3 Å². The van der Waals surface area contributed by atoms with Crippen molar-refractivity contribution in [1.29, 1.82) is 0 Å². The zero-order valence-electron chi connectivity index (χ0n) is 12.2. The lowest BCUT2D eigenvalue weighted by atomic mass is 10.1. The van der Waals surface area contributed by atoms with E-state index in [2.05, 4.69) is 23.9 Å². The Kier molecular flexibility index (Phi) is 4.74. The van der Waals surface area contributed by atoms with Crippen LogP contribution < -0.4 is 4.74 Å². The average Bonchev–Trinajstić information content (AvgIpc) is 2.83. The molecule has 0 saturated heterocycles. The van der Waals surface area contributed by atoms with Crippen LogP contribution >= 0.6 is 0 Å². The number of rotatable bonds is 6. The molecular formula is C15H21N3O2. The van der Waals surface area contributed by atoms with Gasteiger partial charge in [0.05, 0.1) is 6.10 Å². The summed E-state index contributed by atoms with van der Waals surface area (Å²) in [5.74, 6) is 1.97. The molecule has 2 rings (SSSR count). The van der Waals surface area contributed by atoms with Crippen molar-refractivity contribution < 1.29 is 9.84 Å². The van der Waals surface area contributed by atoms with Gasteiger partial charge in [0, 0.05) is 12.1 Å². The first kappa shape index (κ1) is 14.5. The summed E-state index contributed by atoms with van der Waals surface area (Å²) in [7, 11) is 0. The second-order valence-corrected chi connectivity index (χ2v) is 5.25. The van der Waals surface area contributed by atoms with Crippen LogP contribution in [0.4, 0.5) is 0 Å². The summed E-state index contributed by atoms with van der Waals surface area (Å²) in [6.45, 7) is 7.15. The van der Waals surface area contributed by atoms with Gasteiger partial charge in [0.2, 0.25) is 0 Å². The second-order valence-electron chi connectivity index (χ2n) is 5.25. The normalized spacial score (nSPS) is 12.7. The van der Waals surface area contributed by atoms with E-state index in [1.54, 1.807) is 13.3 Å². The van der Waals surface area contributed by atoms with Gasteiger partial charge in [-0.25, -0.2) is 9.67 Å². The van der Waals surface area contributed by atoms with Crippen LogP contribution in [0.3, 0.4) is 0 Å². The lowest BCUT2D eigenvalue weighted by molar-refractivity contribution is 0.189. The van der Waals surface area contributed by atoms with E-state index in [0.717, 1.165) is 17.9 Å². The largest absolute Gasteiger partial charge is 0.485 e. The second kappa shape index (κ2) is 6.52. The highest BCUT2D eigenvalue weighted by Crippen LogP contribution is 2.25. The number of para-hydroxylation sites is 1. The highest BCUT2D eigenvalue weighted by atomic mass is 16.5. The maximum Gasteiger partial charge on any atom is 0.164 e. The van der Waals surface area contributed by atoms with Crippen molar-refractivity contribution in [2.24, 2.45) is 5.92 Å². The molecule has 0 aliphatic rings. The van der Waals surface area contributed by atoms with Crippen LogP contribution in [0.15, 0.2) is 30.6 Å². The molecule has 0 fully saturated rings. The lowest BCUT2D eigenvalue weighted by Gasteiger charge is -2.14. The van der Waals surface area contributed by atoms with Crippen molar-refractivity contribution in [1.82, 2.24) is 14.8 Å². The van der Waals surface area contributed by atoms with E-state index in [9.17, 15) is 5.11 Å². The van der Waals surface area contributed by atoms with Crippen molar-refractivity contribution in [3.05, 3.63) is 42.0 Å². The molecule has 5 nitrogen and oxygen atoms in total. The van der Waals surface area contributed by atoms with Crippen LogP contribution in [-0.4, -0.2) is 19.9 Å². The molecule has 0 amide bonds. The minimum Gasteiger partial charge on any atom is -0.485 e. The number of aliphatic hydroxyl groups is 1. The molecule has 5 heteroatoms. The lowest BCUT2D eigenvalue weighted by Crippen LogP contribution is -2.12. The fourth-order valence-corrected chi connectivity index (χ4v) is 2.00. The smallest absolute Gasteiger partial charge is 0.164 e. The van der Waals surface area contributed by atoms with Crippen molar-refractivity contribution in [2.75, 3.05) is 0 Å². The molecule has 0 spiro atoms. The Labute approximate surface area is 119 Å². The van der Waals surface area contributed by atoms with E-state index < -0.39 is 6.10 Å². The first-order chi connectivity index (χ1) is 9.58. The first-order valence-electron chi connectivity index (χ1n) is 6.84. The third-order valence-electron chi connectivity index (χ3n) is 2.96. The number of benzene rings is 1. The molecule has 0 unspecified atom stereocenters. The molecule has 0 bridgehead atoms. The summed E-state index contributed by atoms with van der Waals surface area (Å²) in [6, 6.07) is 7.49. The highest BCUT2D eigenvalue weighted by molar-refractivity contribution is 5.34. The van der Waals surface area contributed by atoms with Gasteiger partial charge in [0.1, 0.15) is 18.7 Å². The fourth-order valence-electron chi connectivity index (χ4n) is 2.00. The van der Waals surface area contributed by atoms with E-state index >= 15 is 0 Å². The molecule has 108 valence electrons. The summed E-state index contributed by atoms with van der Waals surface area (Å²) >= 11 is 0. The van der Waals surface area contributed by atoms with Crippen LogP contribution in [0.2, 0.25) is 0 Å². The molecule has 1 aromatic heterocycles. The predicted molar refractivity (Wildman–Crippen MR) is 76.3 cm³/mol. The molecule has 1 heterocycles. The van der Waals surface area contributed by atoms with Crippen molar-refractivity contribution in [2.45, 2.75) is 40.0 Å². The summed E-state index contributed by atoms with van der Waals surface area (Å²) in [4.78, 5) is 4.22. The predicted octanol–water partition coefficient (Wildman–Crippen LogP) is 2.57. The molecule has 0 aliphatic carbocycles. The topological polar surface area (TPSA) is 60.2 Å². The van der Waals surface area contributed by atoms with Gasteiger partial charge >= 0.3 is 0 Å². The molecular weight excluding hydrogens is 254 g/mol. The third kappa shape index (κ3) is 3.57. The molecule has 20 heavy (non-hydrogen) atoms. The van der Waals surface area contributed by atoms with Gasteiger partial charge in [-0.1, -0.05) is 32.0 Å². The van der Waals surface area contributed by atoms with E-state index in [-0.39, 0.29) is 0 Å². The van der Waals surface area contributed by atoms with Crippen LogP contribution in [-0.2, 0) is 13.2 Å². The molecule has 0 radical (unpaired) electrons. The summed E-state index contributed by atoms with van der Waals surface area (Å²) < 4.78 is 7.64. The number of aliphatic hydroxyl groups excluding tert-OH is 1. The van der Waals surface area contributed by atoms with Crippen molar-refractivity contribution in [3.8, 4) is 5.75 Å². The van der Waals surface area contributed by atoms with Crippen molar-refractivity contribution in [3.63, 3.8) is 0 Å². The quantitative estimate of drug-likeness (QED) is 0.880. The SMILES string of the molecule is CC(C)Cn1ncnc1COc1ccccc1[C@H](C)O. The number of hydrogen-bond acceptors (Lipinski definition) is 4. The summed E-state index contributed by atoms with van der Waals surface area (Å²) in [5.41, 5.74) is 0.780. The van der Waals surface area contributed by atoms with Gasteiger partial charge in [-0.3, -0.25) is 0 Å². The fraction of sp³-hybridized carbons (Fsp3) is 0.467. The molecule has 0 aliphatic heterocycles. The molecule has 2 aromatic rings. The summed E-state index contributed by atoms with van der Waals surface area (Å²) in [6.07, 6.45) is 0.987. The zero-order valence-corrected chi connectivity index (χ0v) is 12.2. The molecule has 0 saturated carbocycles. The van der Waals surface area contributed by atoms with E-state index in [1.807, 2.05) is 28.9 Å². The third-order valence-corrected chi connectivity index (χ3v) is 2.96. The van der Waals surface area contributed by atoms with Gasteiger partial charge in [0.15, 0.2) is 5.82 Å². The standard InChI is InChI=1S/C15H21N3O2/c1-11(2)8-18-15(16-10-17-18)9-20-14-7-5-4-6-13(14)12(3)19/h4-7,10-12,19H,8-9H2,1-3H3/t12-/m0/s1. The maximum absolute atomic E-state index is 9.72. The minimum atomic E-state index is -0.556. The van der Waals surface area contributed by atoms with E-state index in [1.165, 1.54) is 0 Å². The van der Waals surface area contributed by atoms with E-state index in [4.69, 9.17) is 4.74 Å². The van der Waals surface area contributed by atoms with Gasteiger partial charge in [-0.05, 0) is 18.9 Å². The average molecular weight is 275 g/mol. The first-order valence-corrected chi connectivity index (χ1v) is 6.84. The molecule has 1 atom stereocenters. The number of aromatic nitrogens is 3. The van der Waals surface area contributed by atoms with Gasteiger partial charge in [-0.15, -0.1) is 0 Å². The van der Waals surface area contributed by atoms with Crippen LogP contribution in [0, 0.1) is 5.92 Å². The Morgan fingerprint density at radius 2 is 2.00 bits per heavy atom.